The van der Waals surface area contributed by atoms with Crippen LogP contribution in [0.15, 0.2) is 60.9 Å². The summed E-state index contributed by atoms with van der Waals surface area (Å²) >= 11 is 0. The average Bonchev–Trinajstić information content (AvgIpc) is 3.07. The van der Waals surface area contributed by atoms with Gasteiger partial charge in [-0.2, -0.15) is 5.10 Å². The normalized spacial score (nSPS) is 9.88. The van der Waals surface area contributed by atoms with Crippen molar-refractivity contribution >= 4 is 11.7 Å². The van der Waals surface area contributed by atoms with Crippen molar-refractivity contribution in [2.24, 2.45) is 7.05 Å². The van der Waals surface area contributed by atoms with Crippen LogP contribution in [0.5, 0.6) is 0 Å². The number of aromatic nitrogens is 3. The number of carbonyl (C=O) groups excluding carboxylic acids is 1. The monoisotopic (exact) mass is 345 g/mol. The summed E-state index contributed by atoms with van der Waals surface area (Å²) in [6.45, 7) is 0.468. The summed E-state index contributed by atoms with van der Waals surface area (Å²) in [6.07, 6.45) is 2.11. The number of nitrogens with zero attached hydrogens (tertiary/aromatic N) is 3. The van der Waals surface area contributed by atoms with Crippen LogP contribution in [0, 0.1) is 11.8 Å². The van der Waals surface area contributed by atoms with Crippen LogP contribution in [0.1, 0.15) is 17.0 Å². The van der Waals surface area contributed by atoms with Crippen molar-refractivity contribution in [2.75, 3.05) is 11.9 Å². The third-order valence-corrected chi connectivity index (χ3v) is 3.73. The fourth-order valence-electron chi connectivity index (χ4n) is 2.36. The van der Waals surface area contributed by atoms with Gasteiger partial charge in [-0.1, -0.05) is 42.2 Å². The number of amides is 2. The van der Waals surface area contributed by atoms with Crippen molar-refractivity contribution in [3.63, 3.8) is 0 Å². The first-order valence-electron chi connectivity index (χ1n) is 8.26. The minimum absolute atomic E-state index is 0.277. The number of carbonyl (C=O) groups is 1. The molecule has 2 N–H and O–H groups in total. The molecule has 0 bridgehead atoms. The van der Waals surface area contributed by atoms with Gasteiger partial charge in [-0.05, 0) is 24.3 Å². The van der Waals surface area contributed by atoms with Crippen molar-refractivity contribution < 1.29 is 4.79 Å². The summed E-state index contributed by atoms with van der Waals surface area (Å²) in [5.74, 6) is 7.03. The fraction of sp³-hybridized carbons (Fsp3) is 0.150. The number of rotatable bonds is 4. The van der Waals surface area contributed by atoms with E-state index < -0.39 is 0 Å². The Labute approximate surface area is 152 Å². The second-order valence-electron chi connectivity index (χ2n) is 5.59. The maximum Gasteiger partial charge on any atom is 0.319 e. The Morgan fingerprint density at radius 3 is 2.62 bits per heavy atom. The number of nitrogens with one attached hydrogen (secondary N) is 2. The average molecular weight is 345 g/mol. The zero-order chi connectivity index (χ0) is 18.2. The molecule has 2 amide bonds. The maximum absolute atomic E-state index is 12.1. The molecule has 26 heavy (non-hydrogen) atoms. The Balaban J connectivity index is 1.60. The van der Waals surface area contributed by atoms with Gasteiger partial charge in [0.1, 0.15) is 12.2 Å². The lowest BCUT2D eigenvalue weighted by Crippen LogP contribution is -2.31. The molecule has 6 heteroatoms. The molecule has 1 aromatic heterocycles. The van der Waals surface area contributed by atoms with Crippen LogP contribution in [-0.4, -0.2) is 27.3 Å². The van der Waals surface area contributed by atoms with E-state index in [0.29, 0.717) is 18.7 Å². The molecular weight excluding hydrogens is 326 g/mol. The molecule has 0 saturated carbocycles. The lowest BCUT2D eigenvalue weighted by Gasteiger charge is -2.09. The van der Waals surface area contributed by atoms with Crippen LogP contribution < -0.4 is 10.6 Å². The van der Waals surface area contributed by atoms with E-state index in [0.717, 1.165) is 17.0 Å². The molecule has 0 saturated heterocycles. The standard InChI is InChI=1S/C20H19N5O/c1-25-19(22-15-23-25)13-14-21-20(26)24-18-10-6-5-9-17(18)12-11-16-7-3-2-4-8-16/h2-10,15H,13-14H2,1H3,(H2,21,24,26). The number of para-hydroxylation sites is 1. The molecule has 6 nitrogen and oxygen atoms in total. The maximum atomic E-state index is 12.1. The molecular formula is C20H19N5O. The molecule has 0 radical (unpaired) electrons. The third kappa shape index (κ3) is 4.71. The van der Waals surface area contributed by atoms with Gasteiger partial charge in [-0.3, -0.25) is 4.68 Å². The predicted octanol–water partition coefficient (Wildman–Crippen LogP) is 2.58. The van der Waals surface area contributed by atoms with E-state index in [1.807, 2.05) is 61.6 Å². The first-order valence-corrected chi connectivity index (χ1v) is 8.26. The second kappa shape index (κ2) is 8.49. The quantitative estimate of drug-likeness (QED) is 0.714. The van der Waals surface area contributed by atoms with Crippen molar-refractivity contribution in [1.82, 2.24) is 20.1 Å². The largest absolute Gasteiger partial charge is 0.337 e. The molecule has 2 aromatic carbocycles. The van der Waals surface area contributed by atoms with Gasteiger partial charge in [0.2, 0.25) is 0 Å². The van der Waals surface area contributed by atoms with Crippen molar-refractivity contribution in [2.45, 2.75) is 6.42 Å². The van der Waals surface area contributed by atoms with Crippen LogP contribution in [0.3, 0.4) is 0 Å². The van der Waals surface area contributed by atoms with Crippen molar-refractivity contribution in [1.29, 1.82) is 0 Å². The Bertz CT molecular complexity index is 937. The van der Waals surface area contributed by atoms with E-state index in [9.17, 15) is 4.79 Å². The minimum atomic E-state index is -0.277. The zero-order valence-corrected chi connectivity index (χ0v) is 14.4. The number of benzene rings is 2. The molecule has 3 rings (SSSR count). The Morgan fingerprint density at radius 1 is 1.08 bits per heavy atom. The van der Waals surface area contributed by atoms with E-state index >= 15 is 0 Å². The van der Waals surface area contributed by atoms with Gasteiger partial charge in [-0.15, -0.1) is 0 Å². The molecule has 0 aliphatic carbocycles. The molecule has 3 aromatic rings. The molecule has 1 heterocycles. The highest BCUT2D eigenvalue weighted by atomic mass is 16.2. The second-order valence-corrected chi connectivity index (χ2v) is 5.59. The predicted molar refractivity (Wildman–Crippen MR) is 101 cm³/mol. The molecule has 0 atom stereocenters. The molecule has 0 unspecified atom stereocenters. The third-order valence-electron chi connectivity index (χ3n) is 3.73. The molecule has 0 aliphatic heterocycles. The summed E-state index contributed by atoms with van der Waals surface area (Å²) in [7, 11) is 1.82. The van der Waals surface area contributed by atoms with Gasteiger partial charge in [0.15, 0.2) is 0 Å². The molecule has 0 aliphatic rings. The summed E-state index contributed by atoms with van der Waals surface area (Å²) in [5, 5.41) is 9.67. The summed E-state index contributed by atoms with van der Waals surface area (Å²) in [4.78, 5) is 16.3. The first-order chi connectivity index (χ1) is 12.7. The number of hydrogen-bond acceptors (Lipinski definition) is 3. The highest BCUT2D eigenvalue weighted by Gasteiger charge is 2.06. The van der Waals surface area contributed by atoms with Gasteiger partial charge in [0, 0.05) is 31.1 Å². The van der Waals surface area contributed by atoms with E-state index in [1.165, 1.54) is 6.33 Å². The summed E-state index contributed by atoms with van der Waals surface area (Å²) in [6, 6.07) is 16.9. The SMILES string of the molecule is Cn1ncnc1CCNC(=O)Nc1ccccc1C#Cc1ccccc1. The highest BCUT2D eigenvalue weighted by Crippen LogP contribution is 2.13. The van der Waals surface area contributed by atoms with E-state index in [-0.39, 0.29) is 6.03 Å². The van der Waals surface area contributed by atoms with E-state index in [2.05, 4.69) is 32.6 Å². The molecule has 130 valence electrons. The number of aryl methyl sites for hydroxylation is 1. The lowest BCUT2D eigenvalue weighted by atomic mass is 10.1. The summed E-state index contributed by atoms with van der Waals surface area (Å²) in [5.41, 5.74) is 2.36. The molecule has 0 fully saturated rings. The van der Waals surface area contributed by atoms with Crippen molar-refractivity contribution in [3.8, 4) is 11.8 Å². The summed E-state index contributed by atoms with van der Waals surface area (Å²) < 4.78 is 1.69. The van der Waals surface area contributed by atoms with Gasteiger partial charge < -0.3 is 10.6 Å². The topological polar surface area (TPSA) is 71.8 Å². The van der Waals surface area contributed by atoms with Crippen LogP contribution in [-0.2, 0) is 13.5 Å². The smallest absolute Gasteiger partial charge is 0.319 e. The Hall–Kier alpha value is -3.59. The van der Waals surface area contributed by atoms with E-state index in [1.54, 1.807) is 4.68 Å². The number of urea groups is 1. The van der Waals surface area contributed by atoms with Gasteiger partial charge in [-0.25, -0.2) is 9.78 Å². The number of hydrogen-bond donors (Lipinski definition) is 2. The Kier molecular flexibility index (Phi) is 5.63. The van der Waals surface area contributed by atoms with E-state index in [4.69, 9.17) is 0 Å². The first kappa shape index (κ1) is 17.2. The zero-order valence-electron chi connectivity index (χ0n) is 14.4. The van der Waals surface area contributed by atoms with Crippen LogP contribution in [0.25, 0.3) is 0 Å². The van der Waals surface area contributed by atoms with Crippen LogP contribution in [0.2, 0.25) is 0 Å². The van der Waals surface area contributed by atoms with Gasteiger partial charge in [0.25, 0.3) is 0 Å². The van der Waals surface area contributed by atoms with Gasteiger partial charge >= 0.3 is 6.03 Å². The highest BCUT2D eigenvalue weighted by molar-refractivity contribution is 5.90. The van der Waals surface area contributed by atoms with Crippen molar-refractivity contribution in [3.05, 3.63) is 77.9 Å². The minimum Gasteiger partial charge on any atom is -0.337 e. The molecule has 0 spiro atoms. The fourth-order valence-corrected chi connectivity index (χ4v) is 2.36. The van der Waals surface area contributed by atoms with Crippen LogP contribution in [0.4, 0.5) is 10.5 Å². The number of anilines is 1. The Morgan fingerprint density at radius 2 is 1.85 bits per heavy atom. The lowest BCUT2D eigenvalue weighted by molar-refractivity contribution is 0.252. The van der Waals surface area contributed by atoms with Gasteiger partial charge in [0.05, 0.1) is 5.69 Å². The van der Waals surface area contributed by atoms with Crippen LogP contribution >= 0.6 is 0 Å².